The van der Waals surface area contributed by atoms with Gasteiger partial charge >= 0.3 is 5.97 Å². The Labute approximate surface area is 120 Å². The minimum Gasteiger partial charge on any atom is -0.481 e. The number of hydrogen-bond acceptors (Lipinski definition) is 3. The molecule has 108 valence electrons. The van der Waals surface area contributed by atoms with E-state index in [1.807, 2.05) is 0 Å². The summed E-state index contributed by atoms with van der Waals surface area (Å²) in [5, 5.41) is 8.77. The fourth-order valence-corrected chi connectivity index (χ4v) is 1.97. The Hall–Kier alpha value is -2.69. The van der Waals surface area contributed by atoms with Crippen LogP contribution in [0.25, 0.3) is 22.6 Å². The predicted molar refractivity (Wildman–Crippen MR) is 77.5 cm³/mol. The largest absolute Gasteiger partial charge is 0.481 e. The molecule has 3 aromatic rings. The van der Waals surface area contributed by atoms with E-state index >= 15 is 0 Å². The Morgan fingerprint density at radius 1 is 1.19 bits per heavy atom. The van der Waals surface area contributed by atoms with Gasteiger partial charge in [-0.25, -0.2) is 9.37 Å². The van der Waals surface area contributed by atoms with Crippen LogP contribution in [0.5, 0.6) is 0 Å². The Balaban J connectivity index is 0.00000161. The van der Waals surface area contributed by atoms with Crippen LogP contribution in [0.3, 0.4) is 0 Å². The van der Waals surface area contributed by atoms with Crippen LogP contribution in [-0.4, -0.2) is 16.1 Å². The lowest BCUT2D eigenvalue weighted by atomic mass is 10.1. The van der Waals surface area contributed by atoms with Crippen LogP contribution in [-0.2, 0) is 11.2 Å². The van der Waals surface area contributed by atoms with Crippen molar-refractivity contribution in [3.63, 3.8) is 0 Å². The van der Waals surface area contributed by atoms with E-state index in [0.717, 1.165) is 0 Å². The van der Waals surface area contributed by atoms with Gasteiger partial charge in [0, 0.05) is 5.56 Å². The van der Waals surface area contributed by atoms with Crippen molar-refractivity contribution in [1.29, 1.82) is 0 Å². The number of fused-ring (bicyclic) bond motifs is 1. The van der Waals surface area contributed by atoms with Crippen molar-refractivity contribution >= 4 is 17.1 Å². The quantitative estimate of drug-likeness (QED) is 0.793. The van der Waals surface area contributed by atoms with Gasteiger partial charge in [-0.3, -0.25) is 4.79 Å². The normalized spacial score (nSPS) is 10.3. The summed E-state index contributed by atoms with van der Waals surface area (Å²) in [6.45, 7) is 0. The molecule has 0 bridgehead atoms. The van der Waals surface area contributed by atoms with Crippen molar-refractivity contribution < 1.29 is 18.7 Å². The summed E-state index contributed by atoms with van der Waals surface area (Å²) in [4.78, 5) is 15.0. The SMILES string of the molecule is C.O=C(O)Cc1ccc2oc(-c3ccc(F)cc3)nc2c1. The summed E-state index contributed by atoms with van der Waals surface area (Å²) in [6, 6.07) is 10.9. The van der Waals surface area contributed by atoms with Gasteiger partial charge in [-0.1, -0.05) is 13.5 Å². The molecular formula is C16H14FNO3. The Kier molecular flexibility index (Phi) is 4.03. The lowest BCUT2D eigenvalue weighted by Gasteiger charge is -1.94. The Morgan fingerprint density at radius 3 is 2.57 bits per heavy atom. The number of benzene rings is 2. The number of carbonyl (C=O) groups is 1. The van der Waals surface area contributed by atoms with Crippen molar-refractivity contribution in [1.82, 2.24) is 4.98 Å². The van der Waals surface area contributed by atoms with E-state index < -0.39 is 5.97 Å². The maximum Gasteiger partial charge on any atom is 0.307 e. The first-order valence-electron chi connectivity index (χ1n) is 5.99. The zero-order valence-electron chi connectivity index (χ0n) is 10.3. The maximum atomic E-state index is 12.9. The number of carboxylic acid groups (broad SMARTS) is 1. The number of halogens is 1. The molecule has 1 N–H and O–H groups in total. The third-order valence-corrected chi connectivity index (χ3v) is 2.90. The van der Waals surface area contributed by atoms with E-state index in [2.05, 4.69) is 4.98 Å². The monoisotopic (exact) mass is 287 g/mol. The van der Waals surface area contributed by atoms with Crippen LogP contribution in [0.15, 0.2) is 46.9 Å². The van der Waals surface area contributed by atoms with E-state index in [1.165, 1.54) is 12.1 Å². The van der Waals surface area contributed by atoms with E-state index in [1.54, 1.807) is 30.3 Å². The van der Waals surface area contributed by atoms with Crippen LogP contribution < -0.4 is 0 Å². The van der Waals surface area contributed by atoms with Gasteiger partial charge < -0.3 is 9.52 Å². The molecule has 1 aromatic heterocycles. The topological polar surface area (TPSA) is 63.3 Å². The zero-order valence-corrected chi connectivity index (χ0v) is 10.3. The lowest BCUT2D eigenvalue weighted by molar-refractivity contribution is -0.136. The third-order valence-electron chi connectivity index (χ3n) is 2.90. The van der Waals surface area contributed by atoms with Crippen LogP contribution in [0.4, 0.5) is 4.39 Å². The fourth-order valence-electron chi connectivity index (χ4n) is 1.97. The minimum absolute atomic E-state index is 0. The molecule has 0 spiro atoms. The summed E-state index contributed by atoms with van der Waals surface area (Å²) in [5.74, 6) is -0.840. The molecule has 1 heterocycles. The number of oxazole rings is 1. The summed E-state index contributed by atoms with van der Waals surface area (Å²) >= 11 is 0. The molecular weight excluding hydrogens is 273 g/mol. The Bertz CT molecular complexity index is 778. The van der Waals surface area contributed by atoms with Crippen LogP contribution >= 0.6 is 0 Å². The van der Waals surface area contributed by atoms with Crippen molar-refractivity contribution in [3.8, 4) is 11.5 Å². The van der Waals surface area contributed by atoms with E-state index in [-0.39, 0.29) is 19.7 Å². The van der Waals surface area contributed by atoms with Crippen molar-refractivity contribution in [2.24, 2.45) is 0 Å². The standard InChI is InChI=1S/C15H10FNO3.CH4/c16-11-4-2-10(3-5-11)15-17-12-7-9(8-14(18)19)1-6-13(12)20-15;/h1-7H,8H2,(H,18,19);1H4. The summed E-state index contributed by atoms with van der Waals surface area (Å²) in [7, 11) is 0. The molecule has 0 saturated carbocycles. The number of rotatable bonds is 3. The van der Waals surface area contributed by atoms with Gasteiger partial charge in [0.15, 0.2) is 5.58 Å². The number of aliphatic carboxylic acids is 1. The Morgan fingerprint density at radius 2 is 1.90 bits per heavy atom. The smallest absolute Gasteiger partial charge is 0.307 e. The van der Waals surface area contributed by atoms with Gasteiger partial charge in [0.05, 0.1) is 6.42 Å². The first kappa shape index (κ1) is 14.7. The molecule has 5 heteroatoms. The molecule has 4 nitrogen and oxygen atoms in total. The predicted octanol–water partition coefficient (Wildman–Crippen LogP) is 3.90. The van der Waals surface area contributed by atoms with Gasteiger partial charge in [0.1, 0.15) is 11.3 Å². The maximum absolute atomic E-state index is 12.9. The zero-order chi connectivity index (χ0) is 14.1. The second-order valence-corrected chi connectivity index (χ2v) is 4.40. The van der Waals surface area contributed by atoms with Crippen molar-refractivity contribution in [2.75, 3.05) is 0 Å². The molecule has 0 fully saturated rings. The minimum atomic E-state index is -0.897. The molecule has 3 rings (SSSR count). The highest BCUT2D eigenvalue weighted by Crippen LogP contribution is 2.25. The molecule has 0 unspecified atom stereocenters. The lowest BCUT2D eigenvalue weighted by Crippen LogP contribution is -1.99. The molecule has 0 amide bonds. The molecule has 0 radical (unpaired) electrons. The second kappa shape index (κ2) is 5.75. The van der Waals surface area contributed by atoms with E-state index in [0.29, 0.717) is 28.1 Å². The summed E-state index contributed by atoms with van der Waals surface area (Å²) in [5.41, 5.74) is 2.48. The number of carboxylic acids is 1. The molecule has 0 aliphatic carbocycles. The summed E-state index contributed by atoms with van der Waals surface area (Å²) < 4.78 is 18.4. The van der Waals surface area contributed by atoms with Crippen molar-refractivity contribution in [3.05, 3.63) is 53.8 Å². The summed E-state index contributed by atoms with van der Waals surface area (Å²) in [6.07, 6.45) is -0.0608. The fraction of sp³-hybridized carbons (Fsp3) is 0.125. The highest BCUT2D eigenvalue weighted by Gasteiger charge is 2.10. The third kappa shape index (κ3) is 3.08. The number of nitrogens with zero attached hydrogens (tertiary/aromatic N) is 1. The van der Waals surface area contributed by atoms with Gasteiger partial charge in [0.2, 0.25) is 5.89 Å². The molecule has 2 aromatic carbocycles. The molecule has 0 saturated heterocycles. The second-order valence-electron chi connectivity index (χ2n) is 4.40. The molecule has 0 aliphatic heterocycles. The highest BCUT2D eigenvalue weighted by atomic mass is 19.1. The van der Waals surface area contributed by atoms with Gasteiger partial charge in [-0.2, -0.15) is 0 Å². The van der Waals surface area contributed by atoms with Gasteiger partial charge in [-0.05, 0) is 42.0 Å². The van der Waals surface area contributed by atoms with Crippen LogP contribution in [0.1, 0.15) is 13.0 Å². The average Bonchev–Trinajstić information content (AvgIpc) is 2.81. The molecule has 0 atom stereocenters. The van der Waals surface area contributed by atoms with Crippen LogP contribution in [0.2, 0.25) is 0 Å². The average molecular weight is 287 g/mol. The van der Waals surface area contributed by atoms with Gasteiger partial charge in [0.25, 0.3) is 0 Å². The number of aromatic nitrogens is 1. The van der Waals surface area contributed by atoms with Crippen LogP contribution in [0, 0.1) is 5.82 Å². The first-order chi connectivity index (χ1) is 9.61. The van der Waals surface area contributed by atoms with E-state index in [4.69, 9.17) is 9.52 Å². The van der Waals surface area contributed by atoms with Gasteiger partial charge in [-0.15, -0.1) is 0 Å². The molecule has 0 aliphatic rings. The number of hydrogen-bond donors (Lipinski definition) is 1. The van der Waals surface area contributed by atoms with Crippen molar-refractivity contribution in [2.45, 2.75) is 13.8 Å². The van der Waals surface area contributed by atoms with E-state index in [9.17, 15) is 9.18 Å². The molecule has 21 heavy (non-hydrogen) atoms. The highest BCUT2D eigenvalue weighted by molar-refractivity contribution is 5.79. The first-order valence-corrected chi connectivity index (χ1v) is 5.99.